The van der Waals surface area contributed by atoms with Crippen LogP contribution in [0.5, 0.6) is 0 Å². The Balaban J connectivity index is 2.35. The van der Waals surface area contributed by atoms with Gasteiger partial charge < -0.3 is 9.47 Å². The van der Waals surface area contributed by atoms with E-state index in [2.05, 4.69) is 16.7 Å². The van der Waals surface area contributed by atoms with E-state index in [1.54, 1.807) is 0 Å². The van der Waals surface area contributed by atoms with Crippen molar-refractivity contribution in [3.8, 4) is 0 Å². The lowest BCUT2D eigenvalue weighted by Gasteiger charge is -2.35. The van der Waals surface area contributed by atoms with Crippen molar-refractivity contribution in [1.29, 1.82) is 0 Å². The van der Waals surface area contributed by atoms with Gasteiger partial charge in [0.15, 0.2) is 18.8 Å². The predicted octanol–water partition coefficient (Wildman–Crippen LogP) is 1.75. The van der Waals surface area contributed by atoms with Crippen LogP contribution in [0.25, 0.3) is 0 Å². The van der Waals surface area contributed by atoms with E-state index < -0.39 is 0 Å². The minimum Gasteiger partial charge on any atom is -0.429 e. The molecule has 2 rings (SSSR count). The van der Waals surface area contributed by atoms with Gasteiger partial charge in [0, 0.05) is 24.6 Å². The smallest absolute Gasteiger partial charge is 0.307 e. The van der Waals surface area contributed by atoms with Crippen LogP contribution in [0.3, 0.4) is 0 Å². The molecule has 1 saturated heterocycles. The Kier molecular flexibility index (Phi) is 5.55. The van der Waals surface area contributed by atoms with Crippen LogP contribution in [0, 0.1) is 0 Å². The zero-order valence-corrected chi connectivity index (χ0v) is 14.8. The van der Waals surface area contributed by atoms with Crippen molar-refractivity contribution >= 4 is 11.7 Å². The third-order valence-corrected chi connectivity index (χ3v) is 4.43. The largest absolute Gasteiger partial charge is 0.429 e. The lowest BCUT2D eigenvalue weighted by molar-refractivity contribution is -0.547. The lowest BCUT2D eigenvalue weighted by Crippen LogP contribution is -2.42. The van der Waals surface area contributed by atoms with Crippen molar-refractivity contribution in [3.05, 3.63) is 35.6 Å². The highest BCUT2D eigenvalue weighted by molar-refractivity contribution is 6.02. The Morgan fingerprint density at radius 3 is 2.22 bits per heavy atom. The molecule has 0 aromatic heterocycles. The first-order chi connectivity index (χ1) is 10.8. The van der Waals surface area contributed by atoms with Gasteiger partial charge in [-0.15, -0.1) is 0 Å². The number of carbonyl (C=O) groups excluding carboxylic acids is 1. The predicted molar refractivity (Wildman–Crippen MR) is 90.7 cm³/mol. The summed E-state index contributed by atoms with van der Waals surface area (Å²) in [5.41, 5.74) is 1.71. The van der Waals surface area contributed by atoms with Crippen LogP contribution in [0.4, 0.5) is 0 Å². The number of carbonyl (C=O) groups is 1. The summed E-state index contributed by atoms with van der Waals surface area (Å²) in [7, 11) is 3.96. The van der Waals surface area contributed by atoms with Crippen molar-refractivity contribution < 1.29 is 18.8 Å². The number of ether oxygens (including phenoxy) is 2. The first-order valence-electron chi connectivity index (χ1n) is 7.99. The first kappa shape index (κ1) is 17.6. The number of likely N-dealkylation sites (N-methyl/N-ethyl adjacent to an activating group) is 1. The van der Waals surface area contributed by atoms with E-state index in [1.807, 2.05) is 45.0 Å². The summed E-state index contributed by atoms with van der Waals surface area (Å²) >= 11 is 0. The van der Waals surface area contributed by atoms with Gasteiger partial charge in [-0.3, -0.25) is 9.69 Å². The summed E-state index contributed by atoms with van der Waals surface area (Å²) in [5.74, 6) is 0.371. The standard InChI is InChI=1S/C18H27N2O3/c1-14(21)23-17(18(2,3)19(4)5)15-6-8-16(9-7-15)20-10-12-22-13-11-20/h6-9H,10-13H2,1-5H3/q+1. The van der Waals surface area contributed by atoms with Crippen LogP contribution >= 0.6 is 0 Å². The molecule has 0 atom stereocenters. The van der Waals surface area contributed by atoms with Gasteiger partial charge in [0.25, 0.3) is 0 Å². The zero-order chi connectivity index (χ0) is 17.0. The van der Waals surface area contributed by atoms with Crippen LogP contribution in [-0.2, 0) is 14.3 Å². The van der Waals surface area contributed by atoms with E-state index in [-0.39, 0.29) is 11.5 Å². The van der Waals surface area contributed by atoms with E-state index >= 15 is 0 Å². The zero-order valence-electron chi connectivity index (χ0n) is 14.8. The lowest BCUT2D eigenvalue weighted by atomic mass is 9.94. The van der Waals surface area contributed by atoms with Crippen LogP contribution in [0.1, 0.15) is 20.8 Å². The van der Waals surface area contributed by atoms with Gasteiger partial charge in [0.05, 0.1) is 5.54 Å². The Bertz CT molecular complexity index is 569. The van der Waals surface area contributed by atoms with Crippen LogP contribution in [0.2, 0.25) is 0 Å². The topological polar surface area (TPSA) is 41.8 Å². The molecule has 0 saturated carbocycles. The molecular weight excluding hydrogens is 292 g/mol. The Labute approximate surface area is 138 Å². The molecule has 0 spiro atoms. The molecule has 1 fully saturated rings. The highest BCUT2D eigenvalue weighted by Gasteiger charge is 2.31. The molecule has 1 aliphatic heterocycles. The van der Waals surface area contributed by atoms with Gasteiger partial charge in [-0.05, 0) is 40.1 Å². The number of morpholine rings is 1. The van der Waals surface area contributed by atoms with Crippen LogP contribution < -0.4 is 0 Å². The van der Waals surface area contributed by atoms with Crippen molar-refractivity contribution in [1.82, 2.24) is 4.90 Å². The van der Waals surface area contributed by atoms with Gasteiger partial charge in [0.1, 0.15) is 19.0 Å². The SMILES string of the molecule is CC(=O)OC(=C1C=CC(=[N+]2CCOCC2)C=C1)C(C)(C)N(C)C. The first-order valence-corrected chi connectivity index (χ1v) is 7.99. The number of esters is 1. The minimum atomic E-state index is -0.383. The summed E-state index contributed by atoms with van der Waals surface area (Å²) in [5, 5.41) is 0. The normalized spacial score (nSPS) is 18.6. The fraction of sp³-hybridized carbons (Fsp3) is 0.556. The van der Waals surface area contributed by atoms with Gasteiger partial charge in [-0.25, -0.2) is 4.58 Å². The maximum absolute atomic E-state index is 11.5. The molecule has 1 aliphatic carbocycles. The van der Waals surface area contributed by atoms with Gasteiger partial charge in [0.2, 0.25) is 0 Å². The summed E-state index contributed by atoms with van der Waals surface area (Å²) in [4.78, 5) is 13.6. The maximum Gasteiger partial charge on any atom is 0.307 e. The molecule has 0 unspecified atom stereocenters. The van der Waals surface area contributed by atoms with E-state index in [9.17, 15) is 4.79 Å². The molecule has 0 radical (unpaired) electrons. The Morgan fingerprint density at radius 2 is 1.74 bits per heavy atom. The van der Waals surface area contributed by atoms with Gasteiger partial charge in [-0.2, -0.15) is 0 Å². The van der Waals surface area contributed by atoms with E-state index in [0.29, 0.717) is 5.76 Å². The molecule has 1 heterocycles. The van der Waals surface area contributed by atoms with E-state index in [4.69, 9.17) is 9.47 Å². The summed E-state index contributed by atoms with van der Waals surface area (Å²) < 4.78 is 13.2. The quantitative estimate of drug-likeness (QED) is 0.451. The number of nitrogens with zero attached hydrogens (tertiary/aromatic N) is 2. The third-order valence-electron chi connectivity index (χ3n) is 4.43. The molecule has 0 N–H and O–H groups in total. The Hall–Kier alpha value is -1.72. The summed E-state index contributed by atoms with van der Waals surface area (Å²) in [6.07, 6.45) is 8.20. The second kappa shape index (κ2) is 7.23. The molecule has 5 heteroatoms. The molecule has 0 aromatic rings. The number of allylic oxidation sites excluding steroid dienone is 5. The van der Waals surface area contributed by atoms with E-state index in [0.717, 1.165) is 31.9 Å². The minimum absolute atomic E-state index is 0.299. The third kappa shape index (κ3) is 4.18. The highest BCUT2D eigenvalue weighted by atomic mass is 16.5. The van der Waals surface area contributed by atoms with Crippen molar-refractivity contribution in [2.45, 2.75) is 26.3 Å². The fourth-order valence-electron chi connectivity index (χ4n) is 2.53. The second-order valence-corrected chi connectivity index (χ2v) is 6.52. The second-order valence-electron chi connectivity index (χ2n) is 6.52. The molecule has 23 heavy (non-hydrogen) atoms. The van der Waals surface area contributed by atoms with E-state index in [1.165, 1.54) is 12.6 Å². The van der Waals surface area contributed by atoms with Crippen LogP contribution in [0.15, 0.2) is 35.6 Å². The summed E-state index contributed by atoms with van der Waals surface area (Å²) in [6.45, 7) is 8.86. The maximum atomic E-state index is 11.5. The molecule has 0 amide bonds. The van der Waals surface area contributed by atoms with Crippen LogP contribution in [-0.4, -0.2) is 67.1 Å². The highest BCUT2D eigenvalue weighted by Crippen LogP contribution is 2.28. The molecule has 0 bridgehead atoms. The molecule has 2 aliphatic rings. The molecule has 126 valence electrons. The molecule has 0 aromatic carbocycles. The van der Waals surface area contributed by atoms with Gasteiger partial charge in [-0.1, -0.05) is 0 Å². The number of hydrogen-bond acceptors (Lipinski definition) is 4. The number of rotatable bonds is 3. The van der Waals surface area contributed by atoms with Crippen molar-refractivity contribution in [2.75, 3.05) is 40.4 Å². The average Bonchev–Trinajstić information content (AvgIpc) is 2.53. The molecule has 5 nitrogen and oxygen atoms in total. The molecular formula is C18H27N2O3+. The fourth-order valence-corrected chi connectivity index (χ4v) is 2.53. The summed E-state index contributed by atoms with van der Waals surface area (Å²) in [6, 6.07) is 0. The van der Waals surface area contributed by atoms with Crippen molar-refractivity contribution in [3.63, 3.8) is 0 Å². The van der Waals surface area contributed by atoms with Gasteiger partial charge >= 0.3 is 5.97 Å². The number of hydrogen-bond donors (Lipinski definition) is 0. The monoisotopic (exact) mass is 319 g/mol. The Morgan fingerprint density at radius 1 is 1.17 bits per heavy atom. The average molecular weight is 319 g/mol. The van der Waals surface area contributed by atoms with Crippen molar-refractivity contribution in [2.24, 2.45) is 0 Å².